The summed E-state index contributed by atoms with van der Waals surface area (Å²) in [5.41, 5.74) is 5.46. The average Bonchev–Trinajstić information content (AvgIpc) is 2.83. The van der Waals surface area contributed by atoms with Gasteiger partial charge in [0.2, 0.25) is 0 Å². The molecule has 166 valence electrons. The number of benzene rings is 1. The number of nitrogens with zero attached hydrogens (tertiary/aromatic N) is 5. The molecular formula is C25H29N5O2. The van der Waals surface area contributed by atoms with Crippen molar-refractivity contribution in [2.75, 3.05) is 37.8 Å². The molecule has 32 heavy (non-hydrogen) atoms. The molecule has 0 amide bonds. The molecule has 1 aromatic carbocycles. The number of hydrogen-bond acceptors (Lipinski definition) is 7. The van der Waals surface area contributed by atoms with E-state index >= 15 is 0 Å². The van der Waals surface area contributed by atoms with E-state index in [2.05, 4.69) is 56.9 Å². The number of aryl methyl sites for hydroxylation is 2. The van der Waals surface area contributed by atoms with E-state index in [1.165, 1.54) is 16.7 Å². The predicted molar refractivity (Wildman–Crippen MR) is 126 cm³/mol. The molecule has 1 fully saturated rings. The molecule has 4 rings (SSSR count). The monoisotopic (exact) mass is 431 g/mol. The molecule has 0 unspecified atom stereocenters. The smallest absolute Gasteiger partial charge is 0.318 e. The lowest BCUT2D eigenvalue weighted by atomic mass is 10.1. The first-order chi connectivity index (χ1) is 15.7. The molecule has 1 saturated heterocycles. The third-order valence-corrected chi connectivity index (χ3v) is 5.43. The topological polar surface area (TPSA) is 72.7 Å². The zero-order chi connectivity index (χ0) is 22.2. The second-order valence-corrected chi connectivity index (χ2v) is 7.84. The lowest BCUT2D eigenvalue weighted by Crippen LogP contribution is -2.37. The van der Waals surface area contributed by atoms with Crippen LogP contribution in [0.4, 0.5) is 5.82 Å². The Balaban J connectivity index is 1.47. The molecule has 3 heterocycles. The highest BCUT2D eigenvalue weighted by atomic mass is 16.5. The molecule has 0 N–H and O–H groups in total. The van der Waals surface area contributed by atoms with E-state index in [4.69, 9.17) is 9.47 Å². The SMILES string of the molecule is Cc1ccc(CN=Cc2cc(N3CCOCC3)nc(OCCc3ccccn3)n2)cc1C. The molecule has 0 atom stereocenters. The van der Waals surface area contributed by atoms with Gasteiger partial charge < -0.3 is 14.4 Å². The molecule has 0 spiro atoms. The van der Waals surface area contributed by atoms with Crippen molar-refractivity contribution in [3.63, 3.8) is 0 Å². The van der Waals surface area contributed by atoms with E-state index < -0.39 is 0 Å². The van der Waals surface area contributed by atoms with Crippen LogP contribution in [0.1, 0.15) is 28.1 Å². The number of aliphatic imine (C=N–C) groups is 1. The number of aromatic nitrogens is 3. The van der Waals surface area contributed by atoms with Crippen LogP contribution < -0.4 is 9.64 Å². The van der Waals surface area contributed by atoms with Crippen molar-refractivity contribution >= 4 is 12.0 Å². The fourth-order valence-electron chi connectivity index (χ4n) is 3.45. The van der Waals surface area contributed by atoms with Gasteiger partial charge in [0.25, 0.3) is 0 Å². The Morgan fingerprint density at radius 3 is 2.72 bits per heavy atom. The maximum absolute atomic E-state index is 5.89. The molecule has 0 bridgehead atoms. The van der Waals surface area contributed by atoms with Crippen molar-refractivity contribution in [2.45, 2.75) is 26.8 Å². The van der Waals surface area contributed by atoms with Gasteiger partial charge in [0.1, 0.15) is 5.82 Å². The van der Waals surface area contributed by atoms with Crippen LogP contribution in [-0.4, -0.2) is 54.1 Å². The van der Waals surface area contributed by atoms with E-state index in [1.54, 1.807) is 12.4 Å². The molecule has 0 saturated carbocycles. The lowest BCUT2D eigenvalue weighted by Gasteiger charge is -2.28. The minimum Gasteiger partial charge on any atom is -0.463 e. The van der Waals surface area contributed by atoms with Gasteiger partial charge in [-0.3, -0.25) is 9.98 Å². The van der Waals surface area contributed by atoms with Crippen molar-refractivity contribution < 1.29 is 9.47 Å². The molecule has 7 heteroatoms. The first kappa shape index (κ1) is 21.9. The summed E-state index contributed by atoms with van der Waals surface area (Å²) in [5, 5.41) is 0. The first-order valence-electron chi connectivity index (χ1n) is 11.0. The zero-order valence-electron chi connectivity index (χ0n) is 18.7. The Kier molecular flexibility index (Phi) is 7.40. The van der Waals surface area contributed by atoms with Crippen LogP contribution in [-0.2, 0) is 17.7 Å². The minimum atomic E-state index is 0.359. The molecule has 1 aliphatic rings. The van der Waals surface area contributed by atoms with Gasteiger partial charge in [0, 0.05) is 43.7 Å². The highest BCUT2D eigenvalue weighted by molar-refractivity contribution is 5.78. The summed E-state index contributed by atoms with van der Waals surface area (Å²) in [5.74, 6) is 0.837. The van der Waals surface area contributed by atoms with Crippen molar-refractivity contribution in [1.29, 1.82) is 0 Å². The molecule has 3 aromatic rings. The number of anilines is 1. The van der Waals surface area contributed by atoms with E-state index in [1.807, 2.05) is 24.3 Å². The van der Waals surface area contributed by atoms with Crippen molar-refractivity contribution in [1.82, 2.24) is 15.0 Å². The zero-order valence-corrected chi connectivity index (χ0v) is 18.7. The van der Waals surface area contributed by atoms with Gasteiger partial charge in [-0.25, -0.2) is 0 Å². The first-order valence-corrected chi connectivity index (χ1v) is 11.0. The van der Waals surface area contributed by atoms with E-state index in [9.17, 15) is 0 Å². The van der Waals surface area contributed by atoms with Gasteiger partial charge in [-0.1, -0.05) is 24.3 Å². The molecule has 1 aliphatic heterocycles. The van der Waals surface area contributed by atoms with Crippen LogP contribution in [0.2, 0.25) is 0 Å². The lowest BCUT2D eigenvalue weighted by molar-refractivity contribution is 0.122. The van der Waals surface area contributed by atoms with Crippen molar-refractivity contribution in [3.05, 3.63) is 76.7 Å². The van der Waals surface area contributed by atoms with Crippen LogP contribution >= 0.6 is 0 Å². The fraction of sp³-hybridized carbons (Fsp3) is 0.360. The third-order valence-electron chi connectivity index (χ3n) is 5.43. The Bertz CT molecular complexity index is 1050. The van der Waals surface area contributed by atoms with Gasteiger partial charge in [0.05, 0.1) is 32.1 Å². The normalized spacial score (nSPS) is 14.1. The minimum absolute atomic E-state index is 0.359. The summed E-state index contributed by atoms with van der Waals surface area (Å²) >= 11 is 0. The molecule has 7 nitrogen and oxygen atoms in total. The summed E-state index contributed by atoms with van der Waals surface area (Å²) in [6.07, 6.45) is 4.28. The van der Waals surface area contributed by atoms with Crippen LogP contribution in [0, 0.1) is 13.8 Å². The van der Waals surface area contributed by atoms with Crippen LogP contribution in [0.3, 0.4) is 0 Å². The summed E-state index contributed by atoms with van der Waals surface area (Å²) in [6, 6.07) is 14.6. The van der Waals surface area contributed by atoms with E-state index in [0.29, 0.717) is 38.8 Å². The van der Waals surface area contributed by atoms with Gasteiger partial charge in [-0.15, -0.1) is 0 Å². The van der Waals surface area contributed by atoms with Crippen molar-refractivity contribution in [3.8, 4) is 6.01 Å². The Labute approximate surface area is 189 Å². The second-order valence-electron chi connectivity index (χ2n) is 7.84. The summed E-state index contributed by atoms with van der Waals surface area (Å²) < 4.78 is 11.4. The molecule has 2 aromatic heterocycles. The number of hydrogen-bond donors (Lipinski definition) is 0. The Morgan fingerprint density at radius 2 is 1.94 bits per heavy atom. The number of pyridine rings is 1. The number of rotatable bonds is 8. The van der Waals surface area contributed by atoms with Gasteiger partial charge in [-0.2, -0.15) is 9.97 Å². The standard InChI is InChI=1S/C25H29N5O2/c1-19-6-7-21(15-20(19)2)17-26-18-23-16-24(30-10-13-31-14-11-30)29-25(28-23)32-12-8-22-5-3-4-9-27-22/h3-7,9,15-16,18H,8,10-14,17H2,1-2H3. The predicted octanol–water partition coefficient (Wildman–Crippen LogP) is 3.57. The summed E-state index contributed by atoms with van der Waals surface area (Å²) in [7, 11) is 0. The maximum Gasteiger partial charge on any atom is 0.318 e. The Hall–Kier alpha value is -3.32. The Morgan fingerprint density at radius 1 is 1.06 bits per heavy atom. The quantitative estimate of drug-likeness (QED) is 0.508. The summed E-state index contributed by atoms with van der Waals surface area (Å²) in [4.78, 5) is 20.3. The number of morpholine rings is 1. The highest BCUT2D eigenvalue weighted by Gasteiger charge is 2.15. The van der Waals surface area contributed by atoms with E-state index in [0.717, 1.165) is 30.3 Å². The van der Waals surface area contributed by atoms with Crippen LogP contribution in [0.15, 0.2) is 53.7 Å². The van der Waals surface area contributed by atoms with Crippen molar-refractivity contribution in [2.24, 2.45) is 4.99 Å². The maximum atomic E-state index is 5.89. The largest absolute Gasteiger partial charge is 0.463 e. The van der Waals surface area contributed by atoms with Crippen LogP contribution in [0.5, 0.6) is 6.01 Å². The number of ether oxygens (including phenoxy) is 2. The van der Waals surface area contributed by atoms with Gasteiger partial charge in [-0.05, 0) is 42.7 Å². The van der Waals surface area contributed by atoms with Gasteiger partial charge >= 0.3 is 6.01 Å². The highest BCUT2D eigenvalue weighted by Crippen LogP contribution is 2.18. The molecular weight excluding hydrogens is 402 g/mol. The van der Waals surface area contributed by atoms with E-state index in [-0.39, 0.29) is 0 Å². The fourth-order valence-corrected chi connectivity index (χ4v) is 3.45. The molecule has 0 aliphatic carbocycles. The second kappa shape index (κ2) is 10.8. The molecule has 0 radical (unpaired) electrons. The van der Waals surface area contributed by atoms with Gasteiger partial charge in [0.15, 0.2) is 0 Å². The third kappa shape index (κ3) is 6.11. The van der Waals surface area contributed by atoms with Crippen LogP contribution in [0.25, 0.3) is 0 Å². The average molecular weight is 432 g/mol. The summed E-state index contributed by atoms with van der Waals surface area (Å²) in [6.45, 7) is 8.28.